The summed E-state index contributed by atoms with van der Waals surface area (Å²) in [5, 5.41) is 2.95. The number of ketones is 1. The largest absolute Gasteiger partial charge is 0.369 e. The lowest BCUT2D eigenvalue weighted by atomic mass is 9.97. The fraction of sp³-hybridized carbons (Fsp3) is 0.526. The highest BCUT2D eigenvalue weighted by atomic mass is 16.2. The molecule has 1 saturated heterocycles. The molecule has 1 aromatic rings. The normalized spacial score (nSPS) is 20.3. The summed E-state index contributed by atoms with van der Waals surface area (Å²) in [6.07, 6.45) is 3.84. The third kappa shape index (κ3) is 4.07. The molecule has 25 heavy (non-hydrogen) atoms. The molecule has 2 amide bonds. The van der Waals surface area contributed by atoms with E-state index in [0.717, 1.165) is 44.5 Å². The number of carbonyl (C=O) groups is 3. The molecular weight excluding hydrogens is 318 g/mol. The summed E-state index contributed by atoms with van der Waals surface area (Å²) >= 11 is 0. The Morgan fingerprint density at radius 1 is 1.28 bits per heavy atom. The van der Waals surface area contributed by atoms with E-state index in [9.17, 15) is 14.4 Å². The molecule has 0 radical (unpaired) electrons. The minimum atomic E-state index is -0.217. The maximum absolute atomic E-state index is 12.4. The minimum Gasteiger partial charge on any atom is -0.369 e. The smallest absolute Gasteiger partial charge is 0.251 e. The van der Waals surface area contributed by atoms with Gasteiger partial charge in [-0.05, 0) is 50.4 Å². The predicted molar refractivity (Wildman–Crippen MR) is 94.4 cm³/mol. The van der Waals surface area contributed by atoms with Gasteiger partial charge in [-0.15, -0.1) is 0 Å². The van der Waals surface area contributed by atoms with Crippen LogP contribution in [-0.4, -0.2) is 48.7 Å². The second-order valence-corrected chi connectivity index (χ2v) is 6.91. The van der Waals surface area contributed by atoms with E-state index in [-0.39, 0.29) is 23.5 Å². The molecule has 0 saturated carbocycles. The molecule has 1 atom stereocenters. The average Bonchev–Trinajstić information content (AvgIpc) is 3.00. The quantitative estimate of drug-likeness (QED) is 0.758. The zero-order valence-corrected chi connectivity index (χ0v) is 14.4. The van der Waals surface area contributed by atoms with Crippen LogP contribution in [0.1, 0.15) is 52.0 Å². The van der Waals surface area contributed by atoms with E-state index in [1.54, 1.807) is 18.2 Å². The second kappa shape index (κ2) is 7.78. The summed E-state index contributed by atoms with van der Waals surface area (Å²) in [7, 11) is 0. The number of likely N-dealkylation sites (tertiary alicyclic amines) is 1. The molecule has 0 spiro atoms. The number of hydrogen-bond acceptors (Lipinski definition) is 4. The molecular formula is C19H25N3O3. The number of piperidine rings is 1. The first-order chi connectivity index (χ1) is 12.1. The number of primary amides is 1. The average molecular weight is 343 g/mol. The van der Waals surface area contributed by atoms with Crippen LogP contribution in [0.2, 0.25) is 0 Å². The summed E-state index contributed by atoms with van der Waals surface area (Å²) in [6.45, 7) is 3.12. The van der Waals surface area contributed by atoms with Crippen molar-refractivity contribution in [1.29, 1.82) is 0 Å². The molecule has 0 aromatic heterocycles. The van der Waals surface area contributed by atoms with Crippen LogP contribution in [0.3, 0.4) is 0 Å². The lowest BCUT2D eigenvalue weighted by Gasteiger charge is -2.31. The Balaban J connectivity index is 1.46. The number of rotatable bonds is 6. The van der Waals surface area contributed by atoms with Crippen LogP contribution in [0.15, 0.2) is 18.2 Å². The van der Waals surface area contributed by atoms with E-state index in [1.807, 2.05) is 0 Å². The molecule has 0 bridgehead atoms. The van der Waals surface area contributed by atoms with Crippen molar-refractivity contribution in [2.75, 3.05) is 26.2 Å². The molecule has 6 heteroatoms. The van der Waals surface area contributed by atoms with Crippen LogP contribution in [0.25, 0.3) is 0 Å². The van der Waals surface area contributed by atoms with Crippen molar-refractivity contribution in [2.24, 2.45) is 11.7 Å². The van der Waals surface area contributed by atoms with E-state index in [0.29, 0.717) is 30.5 Å². The van der Waals surface area contributed by atoms with Gasteiger partial charge in [0.05, 0.1) is 5.92 Å². The number of hydrogen-bond donors (Lipinski definition) is 2. The van der Waals surface area contributed by atoms with Crippen molar-refractivity contribution in [3.63, 3.8) is 0 Å². The molecule has 2 aliphatic rings. The van der Waals surface area contributed by atoms with Gasteiger partial charge in [0.2, 0.25) is 5.91 Å². The highest BCUT2D eigenvalue weighted by Gasteiger charge is 2.25. The molecule has 134 valence electrons. The van der Waals surface area contributed by atoms with E-state index in [2.05, 4.69) is 10.2 Å². The summed E-state index contributed by atoms with van der Waals surface area (Å²) < 4.78 is 0. The van der Waals surface area contributed by atoms with E-state index >= 15 is 0 Å². The number of fused-ring (bicyclic) bond motifs is 1. The van der Waals surface area contributed by atoms with Crippen molar-refractivity contribution in [2.45, 2.75) is 32.1 Å². The highest BCUT2D eigenvalue weighted by Crippen LogP contribution is 2.25. The molecule has 1 fully saturated rings. The van der Waals surface area contributed by atoms with Gasteiger partial charge in [0.15, 0.2) is 5.78 Å². The van der Waals surface area contributed by atoms with Gasteiger partial charge in [0.25, 0.3) is 5.91 Å². The number of carbonyl (C=O) groups excluding carboxylic acids is 3. The van der Waals surface area contributed by atoms with Crippen molar-refractivity contribution >= 4 is 17.6 Å². The highest BCUT2D eigenvalue weighted by molar-refractivity contribution is 6.05. The summed E-state index contributed by atoms with van der Waals surface area (Å²) in [5.41, 5.74) is 7.59. The lowest BCUT2D eigenvalue weighted by molar-refractivity contribution is -0.123. The monoisotopic (exact) mass is 343 g/mol. The number of benzene rings is 1. The molecule has 1 aliphatic carbocycles. The van der Waals surface area contributed by atoms with Crippen LogP contribution in [0.4, 0.5) is 0 Å². The summed E-state index contributed by atoms with van der Waals surface area (Å²) in [4.78, 5) is 37.7. The van der Waals surface area contributed by atoms with Crippen LogP contribution < -0.4 is 11.1 Å². The first kappa shape index (κ1) is 17.6. The van der Waals surface area contributed by atoms with Gasteiger partial charge in [-0.2, -0.15) is 0 Å². The first-order valence-corrected chi connectivity index (χ1v) is 9.01. The zero-order valence-electron chi connectivity index (χ0n) is 14.4. The Bertz CT molecular complexity index is 686. The zero-order chi connectivity index (χ0) is 17.8. The fourth-order valence-electron chi connectivity index (χ4n) is 3.79. The number of nitrogens with two attached hydrogens (primary N) is 1. The van der Waals surface area contributed by atoms with Gasteiger partial charge >= 0.3 is 0 Å². The Labute approximate surface area is 147 Å². The topological polar surface area (TPSA) is 92.5 Å². The van der Waals surface area contributed by atoms with E-state index in [4.69, 9.17) is 5.73 Å². The number of amides is 2. The maximum Gasteiger partial charge on any atom is 0.251 e. The van der Waals surface area contributed by atoms with Gasteiger partial charge in [0, 0.05) is 30.6 Å². The van der Waals surface area contributed by atoms with Gasteiger partial charge in [-0.3, -0.25) is 14.4 Å². The summed E-state index contributed by atoms with van der Waals surface area (Å²) in [5.74, 6) is -0.253. The Kier molecular flexibility index (Phi) is 5.48. The first-order valence-electron chi connectivity index (χ1n) is 9.01. The molecule has 3 N–H and O–H groups in total. The van der Waals surface area contributed by atoms with Crippen molar-refractivity contribution in [3.05, 3.63) is 34.9 Å². The van der Waals surface area contributed by atoms with Gasteiger partial charge in [0.1, 0.15) is 0 Å². The molecule has 1 aliphatic heterocycles. The van der Waals surface area contributed by atoms with Crippen LogP contribution in [0.5, 0.6) is 0 Å². The van der Waals surface area contributed by atoms with Gasteiger partial charge < -0.3 is 16.0 Å². The third-order valence-electron chi connectivity index (χ3n) is 5.17. The lowest BCUT2D eigenvalue weighted by Crippen LogP contribution is -2.42. The Hall–Kier alpha value is -2.21. The van der Waals surface area contributed by atoms with Crippen LogP contribution >= 0.6 is 0 Å². The van der Waals surface area contributed by atoms with Crippen molar-refractivity contribution in [3.8, 4) is 0 Å². The molecule has 0 unspecified atom stereocenters. The molecule has 3 rings (SSSR count). The number of Topliss-reactive ketones (excluding diaryl/α,β-unsaturated/α-hetero) is 1. The molecule has 1 aromatic carbocycles. The Morgan fingerprint density at radius 3 is 2.92 bits per heavy atom. The Morgan fingerprint density at radius 2 is 2.12 bits per heavy atom. The van der Waals surface area contributed by atoms with Crippen molar-refractivity contribution < 1.29 is 14.4 Å². The number of nitrogens with one attached hydrogen (secondary N) is 1. The maximum atomic E-state index is 12.4. The second-order valence-electron chi connectivity index (χ2n) is 6.91. The molecule has 1 heterocycles. The summed E-state index contributed by atoms with van der Waals surface area (Å²) in [6, 6.07) is 5.36. The standard InChI is InChI=1S/C19H25N3O3/c20-18(24)13-4-2-10-22(12-13)11-3-9-21-19(25)16-6-1-5-15-14(16)7-8-17(15)23/h1,5-6,13H,2-4,7-12H2,(H2,20,24)(H,21,25)/t13-/m0/s1. The minimum absolute atomic E-state index is 0.0483. The van der Waals surface area contributed by atoms with E-state index < -0.39 is 0 Å². The SMILES string of the molecule is NC(=O)[C@H]1CCCN(CCCNC(=O)c2cccc3c2CCC3=O)C1. The van der Waals surface area contributed by atoms with Gasteiger partial charge in [-0.1, -0.05) is 12.1 Å². The van der Waals surface area contributed by atoms with E-state index in [1.165, 1.54) is 0 Å². The van der Waals surface area contributed by atoms with Gasteiger partial charge in [-0.25, -0.2) is 0 Å². The molecule has 6 nitrogen and oxygen atoms in total. The third-order valence-corrected chi connectivity index (χ3v) is 5.17. The van der Waals surface area contributed by atoms with Crippen LogP contribution in [0, 0.1) is 5.92 Å². The number of nitrogens with zero attached hydrogens (tertiary/aromatic N) is 1. The fourth-order valence-corrected chi connectivity index (χ4v) is 3.79. The van der Waals surface area contributed by atoms with Crippen molar-refractivity contribution in [1.82, 2.24) is 10.2 Å². The van der Waals surface area contributed by atoms with Crippen LogP contribution in [-0.2, 0) is 11.2 Å². The predicted octanol–water partition coefficient (Wildman–Crippen LogP) is 1.13.